The Morgan fingerprint density at radius 2 is 1.95 bits per heavy atom. The third-order valence-electron chi connectivity index (χ3n) is 4.95. The van der Waals surface area contributed by atoms with Crippen molar-refractivity contribution in [3.05, 3.63) is 29.3 Å². The molecular formula is C17H28N4. The second-order valence-electron chi connectivity index (χ2n) is 6.39. The van der Waals surface area contributed by atoms with Gasteiger partial charge in [0.25, 0.3) is 0 Å². The number of anilines is 1. The summed E-state index contributed by atoms with van der Waals surface area (Å²) in [6, 6.07) is 7.50. The lowest BCUT2D eigenvalue weighted by molar-refractivity contribution is 0.0949. The van der Waals surface area contributed by atoms with Crippen molar-refractivity contribution < 1.29 is 0 Å². The minimum Gasteiger partial charge on any atom is -0.378 e. The summed E-state index contributed by atoms with van der Waals surface area (Å²) in [6.45, 7) is 10.3. The van der Waals surface area contributed by atoms with Gasteiger partial charge in [-0.05, 0) is 29.8 Å². The highest BCUT2D eigenvalue weighted by Crippen LogP contribution is 2.30. The van der Waals surface area contributed by atoms with Crippen LogP contribution in [0.3, 0.4) is 0 Å². The molecular weight excluding hydrogens is 260 g/mol. The predicted octanol–water partition coefficient (Wildman–Crippen LogP) is 1.53. The number of benzene rings is 1. The SMILES string of the molecule is CCN1CCN([C@H]2CNCc3cc(N(C)C)ccc32)CC1. The molecule has 1 fully saturated rings. The first-order valence-electron chi connectivity index (χ1n) is 8.16. The van der Waals surface area contributed by atoms with E-state index in [0.717, 1.165) is 13.1 Å². The lowest BCUT2D eigenvalue weighted by atomic mass is 9.94. The molecule has 1 saturated heterocycles. The van der Waals surface area contributed by atoms with Crippen molar-refractivity contribution in [2.75, 3.05) is 58.3 Å². The number of piperazine rings is 1. The van der Waals surface area contributed by atoms with Crippen LogP contribution in [0.5, 0.6) is 0 Å². The summed E-state index contributed by atoms with van der Waals surface area (Å²) >= 11 is 0. The fourth-order valence-electron chi connectivity index (χ4n) is 3.52. The maximum absolute atomic E-state index is 3.61. The van der Waals surface area contributed by atoms with E-state index in [4.69, 9.17) is 0 Å². The molecule has 0 saturated carbocycles. The molecule has 4 nitrogen and oxygen atoms in total. The van der Waals surface area contributed by atoms with Gasteiger partial charge in [-0.2, -0.15) is 0 Å². The number of hydrogen-bond donors (Lipinski definition) is 1. The third-order valence-corrected chi connectivity index (χ3v) is 4.95. The second-order valence-corrected chi connectivity index (χ2v) is 6.39. The molecule has 2 heterocycles. The van der Waals surface area contributed by atoms with Gasteiger partial charge in [0.1, 0.15) is 0 Å². The number of nitrogens with one attached hydrogen (secondary N) is 1. The van der Waals surface area contributed by atoms with Crippen molar-refractivity contribution in [3.8, 4) is 0 Å². The fourth-order valence-corrected chi connectivity index (χ4v) is 3.52. The molecule has 1 atom stereocenters. The van der Waals surface area contributed by atoms with Gasteiger partial charge in [-0.1, -0.05) is 13.0 Å². The van der Waals surface area contributed by atoms with Gasteiger partial charge in [0.05, 0.1) is 0 Å². The lowest BCUT2D eigenvalue weighted by Gasteiger charge is -2.41. The van der Waals surface area contributed by atoms with Crippen LogP contribution >= 0.6 is 0 Å². The quantitative estimate of drug-likeness (QED) is 0.910. The highest BCUT2D eigenvalue weighted by Gasteiger charge is 2.28. The molecule has 0 amide bonds. The Hall–Kier alpha value is -1.10. The monoisotopic (exact) mass is 288 g/mol. The fraction of sp³-hybridized carbons (Fsp3) is 0.647. The van der Waals surface area contributed by atoms with E-state index in [1.165, 1.54) is 49.5 Å². The van der Waals surface area contributed by atoms with Gasteiger partial charge in [0.2, 0.25) is 0 Å². The smallest absolute Gasteiger partial charge is 0.0477 e. The van der Waals surface area contributed by atoms with Crippen molar-refractivity contribution in [1.82, 2.24) is 15.1 Å². The standard InChI is InChI=1S/C17H28N4/c1-4-20-7-9-21(10-8-20)17-13-18-12-14-11-15(19(2)3)5-6-16(14)17/h5-6,11,17-18H,4,7-10,12-13H2,1-3H3/t17-/m0/s1. The topological polar surface area (TPSA) is 21.8 Å². The van der Waals surface area contributed by atoms with E-state index in [9.17, 15) is 0 Å². The molecule has 4 heteroatoms. The van der Waals surface area contributed by atoms with E-state index in [2.05, 4.69) is 59.2 Å². The van der Waals surface area contributed by atoms with Crippen LogP contribution in [-0.4, -0.2) is 63.2 Å². The van der Waals surface area contributed by atoms with Gasteiger partial charge in [-0.15, -0.1) is 0 Å². The van der Waals surface area contributed by atoms with E-state index < -0.39 is 0 Å². The van der Waals surface area contributed by atoms with Crippen LogP contribution in [-0.2, 0) is 6.54 Å². The zero-order valence-corrected chi connectivity index (χ0v) is 13.6. The van der Waals surface area contributed by atoms with Crippen LogP contribution in [0.25, 0.3) is 0 Å². The van der Waals surface area contributed by atoms with Crippen LogP contribution in [0.2, 0.25) is 0 Å². The number of likely N-dealkylation sites (N-methyl/N-ethyl adjacent to an activating group) is 1. The van der Waals surface area contributed by atoms with Gasteiger partial charge in [0.15, 0.2) is 0 Å². The Kier molecular flexibility index (Phi) is 4.48. The maximum Gasteiger partial charge on any atom is 0.0477 e. The Labute approximate surface area is 128 Å². The van der Waals surface area contributed by atoms with E-state index in [-0.39, 0.29) is 0 Å². The van der Waals surface area contributed by atoms with Gasteiger partial charge in [-0.3, -0.25) is 4.90 Å². The highest BCUT2D eigenvalue weighted by atomic mass is 15.3. The summed E-state index contributed by atoms with van der Waals surface area (Å²) in [6.07, 6.45) is 0. The van der Waals surface area contributed by atoms with Gasteiger partial charge < -0.3 is 15.1 Å². The summed E-state index contributed by atoms with van der Waals surface area (Å²) in [5, 5.41) is 3.61. The molecule has 1 N–H and O–H groups in total. The van der Waals surface area contributed by atoms with Crippen molar-refractivity contribution in [3.63, 3.8) is 0 Å². The summed E-state index contributed by atoms with van der Waals surface area (Å²) < 4.78 is 0. The van der Waals surface area contributed by atoms with Crippen molar-refractivity contribution in [2.45, 2.75) is 19.5 Å². The Balaban J connectivity index is 1.78. The normalized spacial score (nSPS) is 23.9. The second kappa shape index (κ2) is 6.34. The molecule has 0 spiro atoms. The van der Waals surface area contributed by atoms with Crippen LogP contribution in [0.1, 0.15) is 24.1 Å². The number of fused-ring (bicyclic) bond motifs is 1. The minimum absolute atomic E-state index is 0.545. The molecule has 0 unspecified atom stereocenters. The first kappa shape index (κ1) is 14.8. The molecule has 0 aromatic heterocycles. The predicted molar refractivity (Wildman–Crippen MR) is 88.9 cm³/mol. The largest absolute Gasteiger partial charge is 0.378 e. The third kappa shape index (κ3) is 3.07. The summed E-state index contributed by atoms with van der Waals surface area (Å²) in [7, 11) is 4.22. The van der Waals surface area contributed by atoms with Gasteiger partial charge in [0, 0.05) is 65.1 Å². The first-order valence-corrected chi connectivity index (χ1v) is 8.16. The number of rotatable bonds is 3. The molecule has 1 aromatic rings. The number of nitrogens with zero attached hydrogens (tertiary/aromatic N) is 3. The van der Waals surface area contributed by atoms with E-state index in [1.54, 1.807) is 0 Å². The molecule has 3 rings (SSSR count). The Morgan fingerprint density at radius 1 is 1.19 bits per heavy atom. The Bertz CT molecular complexity index is 478. The molecule has 1 aromatic carbocycles. The zero-order valence-electron chi connectivity index (χ0n) is 13.6. The zero-order chi connectivity index (χ0) is 14.8. The van der Waals surface area contributed by atoms with E-state index in [0.29, 0.717) is 6.04 Å². The molecule has 2 aliphatic heterocycles. The molecule has 21 heavy (non-hydrogen) atoms. The van der Waals surface area contributed by atoms with Crippen molar-refractivity contribution in [2.24, 2.45) is 0 Å². The average molecular weight is 288 g/mol. The minimum atomic E-state index is 0.545. The molecule has 0 bridgehead atoms. The average Bonchev–Trinajstić information content (AvgIpc) is 2.54. The molecule has 116 valence electrons. The summed E-state index contributed by atoms with van der Waals surface area (Å²) in [4.78, 5) is 7.39. The molecule has 2 aliphatic rings. The van der Waals surface area contributed by atoms with E-state index >= 15 is 0 Å². The van der Waals surface area contributed by atoms with E-state index in [1.807, 2.05) is 0 Å². The number of hydrogen-bond acceptors (Lipinski definition) is 4. The molecule has 0 aliphatic carbocycles. The molecule has 0 radical (unpaired) electrons. The van der Waals surface area contributed by atoms with Crippen molar-refractivity contribution in [1.29, 1.82) is 0 Å². The van der Waals surface area contributed by atoms with Crippen LogP contribution in [0.15, 0.2) is 18.2 Å². The Morgan fingerprint density at radius 3 is 2.62 bits per heavy atom. The first-order chi connectivity index (χ1) is 10.2. The summed E-state index contributed by atoms with van der Waals surface area (Å²) in [5.41, 5.74) is 4.30. The van der Waals surface area contributed by atoms with Gasteiger partial charge >= 0.3 is 0 Å². The van der Waals surface area contributed by atoms with Crippen molar-refractivity contribution >= 4 is 5.69 Å². The van der Waals surface area contributed by atoms with Crippen LogP contribution in [0, 0.1) is 0 Å². The maximum atomic E-state index is 3.61. The lowest BCUT2D eigenvalue weighted by Crippen LogP contribution is -2.50. The van der Waals surface area contributed by atoms with Crippen LogP contribution in [0.4, 0.5) is 5.69 Å². The highest BCUT2D eigenvalue weighted by molar-refractivity contribution is 5.51. The van der Waals surface area contributed by atoms with Crippen LogP contribution < -0.4 is 10.2 Å². The summed E-state index contributed by atoms with van der Waals surface area (Å²) in [5.74, 6) is 0. The van der Waals surface area contributed by atoms with Gasteiger partial charge in [-0.25, -0.2) is 0 Å².